The minimum absolute atomic E-state index is 0.377. The van der Waals surface area contributed by atoms with E-state index in [9.17, 15) is 4.79 Å². The third-order valence-corrected chi connectivity index (χ3v) is 4.99. The second-order valence-electron chi connectivity index (χ2n) is 7.01. The largest absolute Gasteiger partial charge is 0.460 e. The molecule has 3 rings (SSSR count). The first-order valence-electron chi connectivity index (χ1n) is 9.87. The molecule has 2 aromatic rings. The number of esters is 1. The van der Waals surface area contributed by atoms with Gasteiger partial charge in [-0.25, -0.2) is 4.79 Å². The van der Waals surface area contributed by atoms with Crippen LogP contribution in [0.2, 0.25) is 0 Å². The fourth-order valence-electron chi connectivity index (χ4n) is 3.25. The van der Waals surface area contributed by atoms with E-state index in [4.69, 9.17) is 14.2 Å². The van der Waals surface area contributed by atoms with Crippen molar-refractivity contribution in [1.82, 2.24) is 0 Å². The van der Waals surface area contributed by atoms with Gasteiger partial charge in [-0.2, -0.15) is 0 Å². The molecule has 1 atom stereocenters. The molecule has 1 aliphatic heterocycles. The number of fused-ring (bicyclic) bond motifs is 2. The Bertz CT molecular complexity index is 708. The van der Waals surface area contributed by atoms with Crippen molar-refractivity contribution in [3.05, 3.63) is 59.7 Å². The Hall–Kier alpha value is -2.49. The minimum atomic E-state index is -1.10. The van der Waals surface area contributed by atoms with Crippen molar-refractivity contribution < 1.29 is 19.0 Å². The molecule has 4 nitrogen and oxygen atoms in total. The van der Waals surface area contributed by atoms with Gasteiger partial charge in [0.05, 0.1) is 6.61 Å². The van der Waals surface area contributed by atoms with E-state index in [2.05, 4.69) is 13.8 Å². The number of ether oxygens (including phenoxy) is 3. The lowest BCUT2D eigenvalue weighted by atomic mass is 10.0. The fourth-order valence-corrected chi connectivity index (χ4v) is 3.25. The van der Waals surface area contributed by atoms with Gasteiger partial charge < -0.3 is 14.2 Å². The zero-order valence-electron chi connectivity index (χ0n) is 16.1. The lowest BCUT2D eigenvalue weighted by Crippen LogP contribution is -2.37. The third kappa shape index (κ3) is 5.03. The van der Waals surface area contributed by atoms with Gasteiger partial charge in [0.1, 0.15) is 11.5 Å². The number of rotatable bonds is 7. The van der Waals surface area contributed by atoms with E-state index in [0.717, 1.165) is 36.8 Å². The Kier molecular flexibility index (Phi) is 6.74. The molecule has 0 aromatic heterocycles. The second kappa shape index (κ2) is 9.45. The van der Waals surface area contributed by atoms with Gasteiger partial charge in [-0.1, -0.05) is 69.5 Å². The predicted octanol–water partition coefficient (Wildman–Crippen LogP) is 5.13. The average Bonchev–Trinajstić information content (AvgIpc) is 2.68. The molecule has 0 aliphatic carbocycles. The first-order chi connectivity index (χ1) is 13.2. The monoisotopic (exact) mass is 368 g/mol. The van der Waals surface area contributed by atoms with Gasteiger partial charge in [0, 0.05) is 6.42 Å². The van der Waals surface area contributed by atoms with Gasteiger partial charge in [-0.3, -0.25) is 0 Å². The SMILES string of the molecule is CCCCC(CC)COC(=O)C1Oc2ccccc2Cc2ccccc2O1. The fraction of sp³-hybridized carbons (Fsp3) is 0.435. The van der Waals surface area contributed by atoms with Crippen LogP contribution in [0.15, 0.2) is 48.5 Å². The van der Waals surface area contributed by atoms with E-state index in [1.807, 2.05) is 48.5 Å². The Morgan fingerprint density at radius 1 is 1.04 bits per heavy atom. The molecular weight excluding hydrogens is 340 g/mol. The maximum Gasteiger partial charge on any atom is 0.389 e. The Balaban J connectivity index is 1.75. The van der Waals surface area contributed by atoms with Crippen molar-refractivity contribution in [2.75, 3.05) is 6.61 Å². The van der Waals surface area contributed by atoms with Crippen LogP contribution in [0.4, 0.5) is 0 Å². The third-order valence-electron chi connectivity index (χ3n) is 4.99. The Morgan fingerprint density at radius 3 is 2.19 bits per heavy atom. The lowest BCUT2D eigenvalue weighted by Gasteiger charge is -2.25. The maximum absolute atomic E-state index is 12.7. The number of carbonyl (C=O) groups excluding carboxylic acids is 1. The van der Waals surface area contributed by atoms with Crippen LogP contribution in [0.25, 0.3) is 0 Å². The van der Waals surface area contributed by atoms with Crippen molar-refractivity contribution in [2.24, 2.45) is 5.92 Å². The molecule has 0 fully saturated rings. The Morgan fingerprint density at radius 2 is 1.63 bits per heavy atom. The second-order valence-corrected chi connectivity index (χ2v) is 7.01. The van der Waals surface area contributed by atoms with Gasteiger partial charge in [0.15, 0.2) is 0 Å². The van der Waals surface area contributed by atoms with Gasteiger partial charge in [-0.05, 0) is 35.6 Å². The normalized spacial score (nSPS) is 14.6. The van der Waals surface area contributed by atoms with Gasteiger partial charge in [0.2, 0.25) is 0 Å². The highest BCUT2D eigenvalue weighted by molar-refractivity contribution is 5.74. The van der Waals surface area contributed by atoms with Crippen LogP contribution in [0, 0.1) is 5.92 Å². The summed E-state index contributed by atoms with van der Waals surface area (Å²) in [6, 6.07) is 15.5. The molecule has 0 N–H and O–H groups in total. The highest BCUT2D eigenvalue weighted by Crippen LogP contribution is 2.31. The number of hydrogen-bond donors (Lipinski definition) is 0. The van der Waals surface area contributed by atoms with E-state index in [0.29, 0.717) is 30.4 Å². The van der Waals surface area contributed by atoms with Crippen LogP contribution in [0.3, 0.4) is 0 Å². The molecular formula is C23H28O4. The van der Waals surface area contributed by atoms with Crippen molar-refractivity contribution >= 4 is 5.97 Å². The standard InChI is InChI=1S/C23H28O4/c1-3-5-10-17(4-2)16-25-22(24)23-26-20-13-8-6-11-18(20)15-19-12-7-9-14-21(19)27-23/h6-9,11-14,17,23H,3-5,10,15-16H2,1-2H3. The summed E-state index contributed by atoms with van der Waals surface area (Å²) < 4.78 is 17.4. The summed E-state index contributed by atoms with van der Waals surface area (Å²) in [5, 5.41) is 0. The van der Waals surface area contributed by atoms with Crippen LogP contribution in [-0.2, 0) is 16.0 Å². The van der Waals surface area contributed by atoms with Crippen molar-refractivity contribution in [3.63, 3.8) is 0 Å². The topological polar surface area (TPSA) is 44.8 Å². The number of carbonyl (C=O) groups is 1. The van der Waals surface area contributed by atoms with Crippen LogP contribution in [-0.4, -0.2) is 18.9 Å². The van der Waals surface area contributed by atoms with Gasteiger partial charge >= 0.3 is 12.3 Å². The predicted molar refractivity (Wildman–Crippen MR) is 105 cm³/mol. The number of hydrogen-bond acceptors (Lipinski definition) is 4. The van der Waals surface area contributed by atoms with E-state index in [-0.39, 0.29) is 0 Å². The summed E-state index contributed by atoms with van der Waals surface area (Å²) in [6.07, 6.45) is 3.95. The van der Waals surface area contributed by atoms with Crippen molar-refractivity contribution in [1.29, 1.82) is 0 Å². The van der Waals surface area contributed by atoms with Crippen molar-refractivity contribution in [2.45, 2.75) is 52.2 Å². The van der Waals surface area contributed by atoms with Crippen LogP contribution < -0.4 is 9.47 Å². The van der Waals surface area contributed by atoms with Gasteiger partial charge in [0.25, 0.3) is 0 Å². The Labute approximate surface area is 161 Å². The number of benzene rings is 2. The van der Waals surface area contributed by atoms with E-state index >= 15 is 0 Å². The molecule has 0 saturated carbocycles. The number of unbranched alkanes of at least 4 members (excludes halogenated alkanes) is 1. The molecule has 144 valence electrons. The lowest BCUT2D eigenvalue weighted by molar-refractivity contribution is -0.167. The quantitative estimate of drug-likeness (QED) is 0.635. The molecule has 0 amide bonds. The average molecular weight is 368 g/mol. The highest BCUT2D eigenvalue weighted by Gasteiger charge is 2.29. The molecule has 1 aliphatic rings. The van der Waals surface area contributed by atoms with Crippen LogP contribution in [0.1, 0.15) is 50.7 Å². The summed E-state index contributed by atoms with van der Waals surface area (Å²) in [4.78, 5) is 12.7. The van der Waals surface area contributed by atoms with E-state index in [1.165, 1.54) is 0 Å². The smallest absolute Gasteiger partial charge is 0.389 e. The van der Waals surface area contributed by atoms with Crippen LogP contribution in [0.5, 0.6) is 11.5 Å². The summed E-state index contributed by atoms with van der Waals surface area (Å²) in [5.41, 5.74) is 2.06. The van der Waals surface area contributed by atoms with E-state index < -0.39 is 12.3 Å². The summed E-state index contributed by atoms with van der Waals surface area (Å²) in [6.45, 7) is 4.70. The van der Waals surface area contributed by atoms with Crippen molar-refractivity contribution in [3.8, 4) is 11.5 Å². The first-order valence-corrected chi connectivity index (χ1v) is 9.87. The molecule has 0 bridgehead atoms. The summed E-state index contributed by atoms with van der Waals surface area (Å²) in [7, 11) is 0. The molecule has 4 heteroatoms. The zero-order valence-corrected chi connectivity index (χ0v) is 16.1. The number of para-hydroxylation sites is 2. The maximum atomic E-state index is 12.7. The molecule has 1 unspecified atom stereocenters. The first kappa shape index (κ1) is 19.3. The molecule has 0 radical (unpaired) electrons. The molecule has 0 spiro atoms. The van der Waals surface area contributed by atoms with Crippen LogP contribution >= 0.6 is 0 Å². The van der Waals surface area contributed by atoms with E-state index in [1.54, 1.807) is 0 Å². The molecule has 27 heavy (non-hydrogen) atoms. The van der Waals surface area contributed by atoms with Gasteiger partial charge in [-0.15, -0.1) is 0 Å². The molecule has 2 aromatic carbocycles. The zero-order chi connectivity index (χ0) is 19.1. The summed E-state index contributed by atoms with van der Waals surface area (Å²) in [5.74, 6) is 1.22. The molecule has 1 heterocycles. The minimum Gasteiger partial charge on any atom is -0.460 e. The molecule has 0 saturated heterocycles. The summed E-state index contributed by atoms with van der Waals surface area (Å²) >= 11 is 0. The highest BCUT2D eigenvalue weighted by atomic mass is 16.7.